The van der Waals surface area contributed by atoms with Crippen LogP contribution in [0.1, 0.15) is 10.9 Å². The summed E-state index contributed by atoms with van der Waals surface area (Å²) >= 11 is 3.59. The molecule has 2 heterocycles. The van der Waals surface area contributed by atoms with Crippen LogP contribution in [0.4, 0.5) is 17.1 Å². The van der Waals surface area contributed by atoms with Gasteiger partial charge in [0.2, 0.25) is 0 Å². The second-order valence-corrected chi connectivity index (χ2v) is 9.63. The Balaban J connectivity index is 1.15. The minimum absolute atomic E-state index is 0.263. The molecule has 31 heavy (non-hydrogen) atoms. The lowest BCUT2D eigenvalue weighted by Crippen LogP contribution is -2.01. The van der Waals surface area contributed by atoms with E-state index in [0.717, 1.165) is 27.5 Å². The van der Waals surface area contributed by atoms with Crippen molar-refractivity contribution in [2.24, 2.45) is 0 Å². The van der Waals surface area contributed by atoms with E-state index >= 15 is 0 Å². The van der Waals surface area contributed by atoms with Crippen LogP contribution in [0.25, 0.3) is 20.8 Å². The van der Waals surface area contributed by atoms with Gasteiger partial charge in [0.15, 0.2) is 0 Å². The van der Waals surface area contributed by atoms with Crippen LogP contribution < -0.4 is 10.6 Å². The third-order valence-electron chi connectivity index (χ3n) is 5.35. The Bertz CT molecular complexity index is 1300. The molecule has 1 unspecified atom stereocenters. The number of nitrogens with one attached hydrogen (secondary N) is 2. The van der Waals surface area contributed by atoms with Gasteiger partial charge in [-0.05, 0) is 66.2 Å². The molecule has 0 aliphatic carbocycles. The number of fused-ring (bicyclic) bond motifs is 2. The number of nitrogens with zero attached hydrogens (tertiary/aromatic N) is 1. The van der Waals surface area contributed by atoms with Crippen LogP contribution in [0.2, 0.25) is 0 Å². The van der Waals surface area contributed by atoms with Crippen molar-refractivity contribution in [1.82, 2.24) is 4.98 Å². The SMILES string of the molecule is c1ccc2c(c1)NC(c1ccc(Nc3ccc(-c4nc5ccccc5s4)cc3)cc1)S2. The molecule has 5 heteroatoms. The lowest BCUT2D eigenvalue weighted by molar-refractivity contribution is 1.13. The highest BCUT2D eigenvalue weighted by molar-refractivity contribution is 8.00. The van der Waals surface area contributed by atoms with Gasteiger partial charge in [0.05, 0.1) is 10.2 Å². The predicted molar refractivity (Wildman–Crippen MR) is 133 cm³/mol. The number of rotatable bonds is 4. The predicted octanol–water partition coefficient (Wildman–Crippen LogP) is 7.92. The molecule has 0 saturated carbocycles. The first-order valence-corrected chi connectivity index (χ1v) is 11.9. The molecular weight excluding hydrogens is 418 g/mol. The van der Waals surface area contributed by atoms with Gasteiger partial charge in [-0.3, -0.25) is 0 Å². The summed E-state index contributed by atoms with van der Waals surface area (Å²) in [5.41, 5.74) is 6.84. The van der Waals surface area contributed by atoms with Gasteiger partial charge >= 0.3 is 0 Å². The van der Waals surface area contributed by atoms with Crippen LogP contribution in [0.5, 0.6) is 0 Å². The number of thioether (sulfide) groups is 1. The van der Waals surface area contributed by atoms with Crippen molar-refractivity contribution in [3.8, 4) is 10.6 Å². The van der Waals surface area contributed by atoms with Gasteiger partial charge in [-0.25, -0.2) is 4.98 Å². The minimum atomic E-state index is 0.263. The highest BCUT2D eigenvalue weighted by Gasteiger charge is 2.22. The quantitative estimate of drug-likeness (QED) is 0.299. The number of benzene rings is 4. The van der Waals surface area contributed by atoms with Crippen molar-refractivity contribution >= 4 is 50.4 Å². The zero-order valence-electron chi connectivity index (χ0n) is 16.6. The van der Waals surface area contributed by atoms with E-state index in [1.807, 2.05) is 17.8 Å². The van der Waals surface area contributed by atoms with Gasteiger partial charge in [0.1, 0.15) is 10.4 Å². The highest BCUT2D eigenvalue weighted by Crippen LogP contribution is 2.46. The minimum Gasteiger partial charge on any atom is -0.368 e. The summed E-state index contributed by atoms with van der Waals surface area (Å²) in [5.74, 6) is 0. The molecule has 5 aromatic rings. The molecule has 1 aliphatic heterocycles. The number of para-hydroxylation sites is 2. The third kappa shape index (κ3) is 3.67. The standard InChI is InChI=1S/C26H19N3S2/c1-3-7-23-21(5-1)28-25(30-23)17-9-13-19(14-10-17)27-20-15-11-18(12-16-20)26-29-22-6-2-4-8-24(22)31-26/h1-16,25,27-28H. The Hall–Kier alpha value is -3.28. The second kappa shape index (κ2) is 7.76. The fourth-order valence-electron chi connectivity index (χ4n) is 3.74. The van der Waals surface area contributed by atoms with E-state index in [-0.39, 0.29) is 5.37 Å². The Labute approximate surface area is 189 Å². The van der Waals surface area contributed by atoms with Gasteiger partial charge in [0.25, 0.3) is 0 Å². The summed E-state index contributed by atoms with van der Waals surface area (Å²) in [6, 6.07) is 33.9. The molecule has 1 aliphatic rings. The molecule has 1 atom stereocenters. The molecule has 0 spiro atoms. The van der Waals surface area contributed by atoms with Crippen LogP contribution >= 0.6 is 23.1 Å². The average Bonchev–Trinajstić information content (AvgIpc) is 3.44. The molecule has 0 radical (unpaired) electrons. The molecule has 6 rings (SSSR count). The van der Waals surface area contributed by atoms with Crippen LogP contribution in [0.3, 0.4) is 0 Å². The Morgan fingerprint density at radius 3 is 2.23 bits per heavy atom. The van der Waals surface area contributed by atoms with E-state index in [1.165, 1.54) is 20.8 Å². The van der Waals surface area contributed by atoms with Crippen molar-refractivity contribution in [3.63, 3.8) is 0 Å². The van der Waals surface area contributed by atoms with Crippen molar-refractivity contribution < 1.29 is 0 Å². The Kier molecular flexibility index (Phi) is 4.63. The first-order valence-electron chi connectivity index (χ1n) is 10.2. The lowest BCUT2D eigenvalue weighted by atomic mass is 10.1. The van der Waals surface area contributed by atoms with E-state index in [2.05, 4.69) is 102 Å². The Morgan fingerprint density at radius 1 is 0.742 bits per heavy atom. The lowest BCUT2D eigenvalue weighted by Gasteiger charge is -2.12. The summed E-state index contributed by atoms with van der Waals surface area (Å²) in [4.78, 5) is 6.06. The molecule has 1 aromatic heterocycles. The number of hydrogen-bond acceptors (Lipinski definition) is 5. The first-order chi connectivity index (χ1) is 15.3. The van der Waals surface area contributed by atoms with Gasteiger partial charge in [-0.2, -0.15) is 0 Å². The van der Waals surface area contributed by atoms with Crippen LogP contribution in [-0.2, 0) is 0 Å². The fraction of sp³-hybridized carbons (Fsp3) is 0.0385. The van der Waals surface area contributed by atoms with E-state index in [0.29, 0.717) is 0 Å². The van der Waals surface area contributed by atoms with Gasteiger partial charge in [-0.15, -0.1) is 11.3 Å². The molecule has 4 aromatic carbocycles. The second-order valence-electron chi connectivity index (χ2n) is 7.45. The monoisotopic (exact) mass is 437 g/mol. The maximum absolute atomic E-state index is 4.75. The van der Waals surface area contributed by atoms with E-state index in [1.54, 1.807) is 11.3 Å². The summed E-state index contributed by atoms with van der Waals surface area (Å²) < 4.78 is 1.22. The maximum Gasteiger partial charge on any atom is 0.124 e. The Morgan fingerprint density at radius 2 is 1.45 bits per heavy atom. The van der Waals surface area contributed by atoms with Gasteiger partial charge < -0.3 is 10.6 Å². The zero-order valence-corrected chi connectivity index (χ0v) is 18.2. The number of aromatic nitrogens is 1. The number of hydrogen-bond donors (Lipinski definition) is 2. The normalized spacial score (nSPS) is 14.9. The summed E-state index contributed by atoms with van der Waals surface area (Å²) in [7, 11) is 0. The molecular formula is C26H19N3S2. The molecule has 0 amide bonds. The first kappa shape index (κ1) is 18.5. The van der Waals surface area contributed by atoms with Crippen LogP contribution in [0.15, 0.2) is 102 Å². The smallest absolute Gasteiger partial charge is 0.124 e. The van der Waals surface area contributed by atoms with Gasteiger partial charge in [0, 0.05) is 27.5 Å². The summed E-state index contributed by atoms with van der Waals surface area (Å²) in [5, 5.41) is 8.41. The van der Waals surface area contributed by atoms with Crippen molar-refractivity contribution in [1.29, 1.82) is 0 Å². The largest absolute Gasteiger partial charge is 0.368 e. The van der Waals surface area contributed by atoms with Crippen molar-refractivity contribution in [2.75, 3.05) is 10.6 Å². The molecule has 0 saturated heterocycles. The number of anilines is 3. The zero-order chi connectivity index (χ0) is 20.6. The van der Waals surface area contributed by atoms with E-state index in [4.69, 9.17) is 4.98 Å². The maximum atomic E-state index is 4.75. The molecule has 150 valence electrons. The highest BCUT2D eigenvalue weighted by atomic mass is 32.2. The van der Waals surface area contributed by atoms with Crippen LogP contribution in [0, 0.1) is 0 Å². The summed E-state index contributed by atoms with van der Waals surface area (Å²) in [6.07, 6.45) is 0. The van der Waals surface area contributed by atoms with Crippen LogP contribution in [-0.4, -0.2) is 4.98 Å². The van der Waals surface area contributed by atoms with Gasteiger partial charge in [-0.1, -0.05) is 48.2 Å². The van der Waals surface area contributed by atoms with E-state index < -0.39 is 0 Å². The van der Waals surface area contributed by atoms with Crippen molar-refractivity contribution in [3.05, 3.63) is 103 Å². The fourth-order valence-corrected chi connectivity index (χ4v) is 5.85. The van der Waals surface area contributed by atoms with E-state index in [9.17, 15) is 0 Å². The molecule has 0 bridgehead atoms. The average molecular weight is 438 g/mol. The topological polar surface area (TPSA) is 37.0 Å². The molecule has 0 fully saturated rings. The third-order valence-corrected chi connectivity index (χ3v) is 7.67. The molecule has 2 N–H and O–H groups in total. The summed E-state index contributed by atoms with van der Waals surface area (Å²) in [6.45, 7) is 0. The van der Waals surface area contributed by atoms with Crippen molar-refractivity contribution in [2.45, 2.75) is 10.3 Å². The number of thiazole rings is 1. The molecule has 3 nitrogen and oxygen atoms in total.